The Kier molecular flexibility index (Phi) is 5.73. The molecular formula is C13H29N3. The third-order valence-electron chi connectivity index (χ3n) is 3.00. The van der Waals surface area contributed by atoms with E-state index in [0.717, 1.165) is 13.1 Å². The maximum Gasteiger partial charge on any atom is 0.0167 e. The molecule has 2 N–H and O–H groups in total. The van der Waals surface area contributed by atoms with Gasteiger partial charge in [0.05, 0.1) is 0 Å². The van der Waals surface area contributed by atoms with Crippen LogP contribution < -0.4 is 10.6 Å². The molecule has 3 heteroatoms. The summed E-state index contributed by atoms with van der Waals surface area (Å²) in [5, 5.41) is 7.07. The molecule has 3 nitrogen and oxygen atoms in total. The highest BCUT2D eigenvalue weighted by molar-refractivity contribution is 4.74. The summed E-state index contributed by atoms with van der Waals surface area (Å²) in [5.41, 5.74) is 0.236. The lowest BCUT2D eigenvalue weighted by Crippen LogP contribution is -2.44. The molecule has 0 bridgehead atoms. The quantitative estimate of drug-likeness (QED) is 0.673. The van der Waals surface area contributed by atoms with Crippen molar-refractivity contribution in [2.45, 2.75) is 52.1 Å². The van der Waals surface area contributed by atoms with E-state index in [-0.39, 0.29) is 5.54 Å². The first-order valence-electron chi connectivity index (χ1n) is 6.68. The van der Waals surface area contributed by atoms with Crippen LogP contribution >= 0.6 is 0 Å². The average molecular weight is 227 g/mol. The molecule has 1 atom stereocenters. The SMILES string of the molecule is CC(CN1CCCC1)NCCNC(C)(C)C. The minimum Gasteiger partial charge on any atom is -0.312 e. The van der Waals surface area contributed by atoms with Gasteiger partial charge in [0.25, 0.3) is 0 Å². The molecule has 1 unspecified atom stereocenters. The number of hydrogen-bond acceptors (Lipinski definition) is 3. The van der Waals surface area contributed by atoms with Crippen LogP contribution in [0.3, 0.4) is 0 Å². The molecule has 0 aliphatic carbocycles. The molecule has 0 saturated carbocycles. The lowest BCUT2D eigenvalue weighted by molar-refractivity contribution is 0.296. The molecule has 1 saturated heterocycles. The predicted molar refractivity (Wildman–Crippen MR) is 70.9 cm³/mol. The standard InChI is InChI=1S/C13H29N3/c1-12(11-16-9-5-6-10-16)14-7-8-15-13(2,3)4/h12,14-15H,5-11H2,1-4H3. The van der Waals surface area contributed by atoms with E-state index in [2.05, 4.69) is 43.2 Å². The Morgan fingerprint density at radius 1 is 1.12 bits per heavy atom. The van der Waals surface area contributed by atoms with E-state index in [4.69, 9.17) is 0 Å². The largest absolute Gasteiger partial charge is 0.312 e. The van der Waals surface area contributed by atoms with Crippen molar-refractivity contribution in [1.29, 1.82) is 0 Å². The number of nitrogens with zero attached hydrogens (tertiary/aromatic N) is 1. The van der Waals surface area contributed by atoms with E-state index in [1.807, 2.05) is 0 Å². The van der Waals surface area contributed by atoms with Gasteiger partial charge in [-0.3, -0.25) is 0 Å². The Bertz CT molecular complexity index is 180. The molecule has 1 fully saturated rings. The third kappa shape index (κ3) is 6.46. The van der Waals surface area contributed by atoms with Gasteiger partial charge in [0, 0.05) is 31.2 Å². The van der Waals surface area contributed by atoms with Crippen molar-refractivity contribution in [3.63, 3.8) is 0 Å². The monoisotopic (exact) mass is 227 g/mol. The summed E-state index contributed by atoms with van der Waals surface area (Å²) >= 11 is 0. The highest BCUT2D eigenvalue weighted by Crippen LogP contribution is 2.07. The van der Waals surface area contributed by atoms with E-state index in [1.165, 1.54) is 32.5 Å². The van der Waals surface area contributed by atoms with Crippen LogP contribution in [-0.4, -0.2) is 49.2 Å². The molecule has 16 heavy (non-hydrogen) atoms. The van der Waals surface area contributed by atoms with Gasteiger partial charge in [0.1, 0.15) is 0 Å². The van der Waals surface area contributed by atoms with E-state index in [9.17, 15) is 0 Å². The zero-order valence-corrected chi connectivity index (χ0v) is 11.5. The summed E-state index contributed by atoms with van der Waals surface area (Å²) in [4.78, 5) is 2.56. The van der Waals surface area contributed by atoms with Crippen molar-refractivity contribution in [3.05, 3.63) is 0 Å². The van der Waals surface area contributed by atoms with Crippen molar-refractivity contribution in [1.82, 2.24) is 15.5 Å². The first kappa shape index (κ1) is 13.9. The minimum atomic E-state index is 0.236. The van der Waals surface area contributed by atoms with Crippen LogP contribution in [0.4, 0.5) is 0 Å². The van der Waals surface area contributed by atoms with Gasteiger partial charge in [-0.2, -0.15) is 0 Å². The number of hydrogen-bond donors (Lipinski definition) is 2. The van der Waals surface area contributed by atoms with Crippen molar-refractivity contribution in [2.75, 3.05) is 32.7 Å². The number of rotatable bonds is 6. The molecule has 1 aliphatic heterocycles. The zero-order chi connectivity index (χ0) is 12.0. The van der Waals surface area contributed by atoms with E-state index in [1.54, 1.807) is 0 Å². The summed E-state index contributed by atoms with van der Waals surface area (Å²) in [6.07, 6.45) is 2.77. The Morgan fingerprint density at radius 3 is 2.31 bits per heavy atom. The smallest absolute Gasteiger partial charge is 0.0167 e. The van der Waals surface area contributed by atoms with Crippen LogP contribution in [0.1, 0.15) is 40.5 Å². The summed E-state index contributed by atoms with van der Waals surface area (Å²) in [7, 11) is 0. The molecule has 1 aliphatic rings. The summed E-state index contributed by atoms with van der Waals surface area (Å²) in [6.45, 7) is 14.8. The Balaban J connectivity index is 1.99. The van der Waals surface area contributed by atoms with Crippen molar-refractivity contribution in [3.8, 4) is 0 Å². The predicted octanol–water partition coefficient (Wildman–Crippen LogP) is 1.45. The maximum atomic E-state index is 3.58. The van der Waals surface area contributed by atoms with Gasteiger partial charge in [-0.15, -0.1) is 0 Å². The van der Waals surface area contributed by atoms with Crippen LogP contribution in [0, 0.1) is 0 Å². The van der Waals surface area contributed by atoms with Gasteiger partial charge in [-0.1, -0.05) is 0 Å². The van der Waals surface area contributed by atoms with Crippen molar-refractivity contribution >= 4 is 0 Å². The molecule has 1 rings (SSSR count). The van der Waals surface area contributed by atoms with Crippen LogP contribution in [0.15, 0.2) is 0 Å². The average Bonchev–Trinajstić information content (AvgIpc) is 2.63. The van der Waals surface area contributed by atoms with E-state index in [0.29, 0.717) is 6.04 Å². The van der Waals surface area contributed by atoms with Crippen LogP contribution in [-0.2, 0) is 0 Å². The second-order valence-corrected chi connectivity index (χ2v) is 6.04. The molecular weight excluding hydrogens is 198 g/mol. The van der Waals surface area contributed by atoms with Crippen molar-refractivity contribution in [2.24, 2.45) is 0 Å². The maximum absolute atomic E-state index is 3.58. The summed E-state index contributed by atoms with van der Waals surface area (Å²) in [5.74, 6) is 0. The van der Waals surface area contributed by atoms with E-state index < -0.39 is 0 Å². The molecule has 96 valence electrons. The first-order chi connectivity index (χ1) is 7.47. The van der Waals surface area contributed by atoms with Gasteiger partial charge >= 0.3 is 0 Å². The first-order valence-corrected chi connectivity index (χ1v) is 6.68. The normalized spacial score (nSPS) is 20.2. The molecule has 0 amide bonds. The molecule has 0 aromatic carbocycles. The molecule has 1 heterocycles. The molecule has 0 aromatic rings. The molecule has 0 radical (unpaired) electrons. The fraction of sp³-hybridized carbons (Fsp3) is 1.00. The third-order valence-corrected chi connectivity index (χ3v) is 3.00. The molecule has 0 spiro atoms. The minimum absolute atomic E-state index is 0.236. The van der Waals surface area contributed by atoms with Gasteiger partial charge in [0.15, 0.2) is 0 Å². The summed E-state index contributed by atoms with van der Waals surface area (Å²) < 4.78 is 0. The van der Waals surface area contributed by atoms with Gasteiger partial charge in [0.2, 0.25) is 0 Å². The summed E-state index contributed by atoms with van der Waals surface area (Å²) in [6, 6.07) is 0.611. The van der Waals surface area contributed by atoms with Crippen molar-refractivity contribution < 1.29 is 0 Å². The Hall–Kier alpha value is -0.120. The number of likely N-dealkylation sites (tertiary alicyclic amines) is 1. The highest BCUT2D eigenvalue weighted by Gasteiger charge is 2.14. The van der Waals surface area contributed by atoms with Gasteiger partial charge in [-0.25, -0.2) is 0 Å². The Morgan fingerprint density at radius 2 is 1.75 bits per heavy atom. The molecule has 0 aromatic heterocycles. The van der Waals surface area contributed by atoms with Gasteiger partial charge in [-0.05, 0) is 53.6 Å². The van der Waals surface area contributed by atoms with Crippen LogP contribution in [0.25, 0.3) is 0 Å². The lowest BCUT2D eigenvalue weighted by Gasteiger charge is -2.23. The van der Waals surface area contributed by atoms with Crippen LogP contribution in [0.5, 0.6) is 0 Å². The second kappa shape index (κ2) is 6.58. The second-order valence-electron chi connectivity index (χ2n) is 6.04. The highest BCUT2D eigenvalue weighted by atomic mass is 15.2. The zero-order valence-electron chi connectivity index (χ0n) is 11.5. The van der Waals surface area contributed by atoms with Crippen LogP contribution in [0.2, 0.25) is 0 Å². The topological polar surface area (TPSA) is 27.3 Å². The number of nitrogens with one attached hydrogen (secondary N) is 2. The Labute approximate surface area is 101 Å². The fourth-order valence-electron chi connectivity index (χ4n) is 2.17. The lowest BCUT2D eigenvalue weighted by atomic mass is 10.1. The van der Waals surface area contributed by atoms with E-state index >= 15 is 0 Å². The van der Waals surface area contributed by atoms with Gasteiger partial charge < -0.3 is 15.5 Å². The fourth-order valence-corrected chi connectivity index (χ4v) is 2.17.